The Labute approximate surface area is 192 Å². The third kappa shape index (κ3) is 6.93. The lowest BCUT2D eigenvalue weighted by molar-refractivity contribution is -0.117. The molecule has 0 aliphatic heterocycles. The van der Waals surface area contributed by atoms with Gasteiger partial charge in [-0.15, -0.1) is 0 Å². The topological polar surface area (TPSA) is 100 Å². The van der Waals surface area contributed by atoms with Crippen molar-refractivity contribution in [2.75, 3.05) is 0 Å². The van der Waals surface area contributed by atoms with E-state index in [4.69, 9.17) is 4.42 Å². The molecule has 0 radical (unpaired) electrons. The first-order valence-electron chi connectivity index (χ1n) is 10.8. The van der Waals surface area contributed by atoms with Crippen LogP contribution < -0.4 is 16.0 Å². The molecule has 1 unspecified atom stereocenters. The summed E-state index contributed by atoms with van der Waals surface area (Å²) in [6.07, 6.45) is 3.78. The minimum Gasteiger partial charge on any atom is -0.465 e. The summed E-state index contributed by atoms with van der Waals surface area (Å²) in [6, 6.07) is 19.1. The molecule has 1 aromatic heterocycles. The Morgan fingerprint density at radius 2 is 1.70 bits per heavy atom. The smallest absolute Gasteiger partial charge is 0.268 e. The summed E-state index contributed by atoms with van der Waals surface area (Å²) < 4.78 is 5.29. The summed E-state index contributed by atoms with van der Waals surface area (Å²) in [5, 5.41) is 8.37. The molecule has 7 nitrogen and oxygen atoms in total. The Hall–Kier alpha value is -4.13. The first kappa shape index (κ1) is 23.5. The average molecular weight is 446 g/mol. The Bertz CT molecular complexity index is 1120. The molecule has 0 aliphatic carbocycles. The van der Waals surface area contributed by atoms with E-state index in [1.165, 1.54) is 12.3 Å². The van der Waals surface area contributed by atoms with Gasteiger partial charge in [0, 0.05) is 29.8 Å². The summed E-state index contributed by atoms with van der Waals surface area (Å²) in [7, 11) is 0. The summed E-state index contributed by atoms with van der Waals surface area (Å²) in [5.41, 5.74) is 1.75. The Balaban J connectivity index is 1.70. The number of rotatable bonds is 9. The van der Waals surface area contributed by atoms with E-state index in [9.17, 15) is 14.4 Å². The lowest BCUT2D eigenvalue weighted by atomic mass is 10.1. The van der Waals surface area contributed by atoms with Crippen molar-refractivity contribution in [2.45, 2.75) is 32.9 Å². The van der Waals surface area contributed by atoms with Gasteiger partial charge < -0.3 is 20.4 Å². The highest BCUT2D eigenvalue weighted by atomic mass is 16.3. The van der Waals surface area contributed by atoms with Gasteiger partial charge in [0.05, 0.1) is 6.26 Å². The maximum absolute atomic E-state index is 12.9. The van der Waals surface area contributed by atoms with Crippen molar-refractivity contribution >= 4 is 23.8 Å². The molecular formula is C26H27N3O4. The number of hydrogen-bond acceptors (Lipinski definition) is 4. The SMILES string of the molecule is CCC(C)NC(=O)c1cccc(CNC(=O)C(=Cc2ccco2)NC(=O)c2ccccc2)c1. The zero-order chi connectivity index (χ0) is 23.6. The first-order valence-corrected chi connectivity index (χ1v) is 10.8. The largest absolute Gasteiger partial charge is 0.465 e. The van der Waals surface area contributed by atoms with Gasteiger partial charge in [0.1, 0.15) is 11.5 Å². The summed E-state index contributed by atoms with van der Waals surface area (Å²) in [4.78, 5) is 37.9. The molecule has 3 aromatic rings. The van der Waals surface area contributed by atoms with E-state index < -0.39 is 11.8 Å². The molecule has 1 heterocycles. The molecule has 170 valence electrons. The van der Waals surface area contributed by atoms with Crippen molar-refractivity contribution in [3.05, 3.63) is 101 Å². The van der Waals surface area contributed by atoms with Crippen LogP contribution in [0.4, 0.5) is 0 Å². The molecule has 33 heavy (non-hydrogen) atoms. The average Bonchev–Trinajstić information content (AvgIpc) is 3.36. The highest BCUT2D eigenvalue weighted by Gasteiger charge is 2.16. The van der Waals surface area contributed by atoms with Crippen LogP contribution in [-0.4, -0.2) is 23.8 Å². The quantitative estimate of drug-likeness (QED) is 0.435. The number of hydrogen-bond donors (Lipinski definition) is 3. The van der Waals surface area contributed by atoms with Crippen molar-refractivity contribution in [1.82, 2.24) is 16.0 Å². The molecule has 3 rings (SSSR count). The van der Waals surface area contributed by atoms with Gasteiger partial charge >= 0.3 is 0 Å². The van der Waals surface area contributed by atoms with E-state index in [2.05, 4.69) is 16.0 Å². The number of benzene rings is 2. The molecular weight excluding hydrogens is 418 g/mol. The Morgan fingerprint density at radius 3 is 2.39 bits per heavy atom. The van der Waals surface area contributed by atoms with Gasteiger partial charge in [0.15, 0.2) is 0 Å². The van der Waals surface area contributed by atoms with Gasteiger partial charge in [-0.25, -0.2) is 0 Å². The fourth-order valence-electron chi connectivity index (χ4n) is 2.97. The molecule has 0 saturated heterocycles. The zero-order valence-electron chi connectivity index (χ0n) is 18.6. The van der Waals surface area contributed by atoms with Crippen molar-refractivity contribution in [1.29, 1.82) is 0 Å². The van der Waals surface area contributed by atoms with Crippen LogP contribution in [-0.2, 0) is 11.3 Å². The van der Waals surface area contributed by atoms with Gasteiger partial charge in [-0.3, -0.25) is 14.4 Å². The first-order chi connectivity index (χ1) is 16.0. The molecule has 3 amide bonds. The molecule has 1 atom stereocenters. The minimum absolute atomic E-state index is 0.0458. The number of carbonyl (C=O) groups excluding carboxylic acids is 3. The fourth-order valence-corrected chi connectivity index (χ4v) is 2.97. The third-order valence-corrected chi connectivity index (χ3v) is 4.99. The summed E-state index contributed by atoms with van der Waals surface area (Å²) in [6.45, 7) is 4.12. The van der Waals surface area contributed by atoms with Crippen LogP contribution in [0.5, 0.6) is 0 Å². The molecule has 0 saturated carbocycles. The predicted molar refractivity (Wildman–Crippen MR) is 126 cm³/mol. The van der Waals surface area contributed by atoms with Crippen LogP contribution in [0.15, 0.2) is 83.1 Å². The van der Waals surface area contributed by atoms with Crippen LogP contribution in [0.2, 0.25) is 0 Å². The van der Waals surface area contributed by atoms with E-state index >= 15 is 0 Å². The molecule has 0 fully saturated rings. The normalized spacial score (nSPS) is 12.0. The third-order valence-electron chi connectivity index (χ3n) is 4.99. The molecule has 7 heteroatoms. The van der Waals surface area contributed by atoms with Gasteiger partial charge in [0.25, 0.3) is 17.7 Å². The fraction of sp³-hybridized carbons (Fsp3) is 0.192. The van der Waals surface area contributed by atoms with E-state index in [0.717, 1.165) is 12.0 Å². The van der Waals surface area contributed by atoms with Gasteiger partial charge in [-0.2, -0.15) is 0 Å². The monoisotopic (exact) mass is 445 g/mol. The summed E-state index contributed by atoms with van der Waals surface area (Å²) >= 11 is 0. The van der Waals surface area contributed by atoms with Crippen molar-refractivity contribution in [3.8, 4) is 0 Å². The van der Waals surface area contributed by atoms with Gasteiger partial charge in [0.2, 0.25) is 0 Å². The molecule has 2 aromatic carbocycles. The molecule has 0 aliphatic rings. The summed E-state index contributed by atoms with van der Waals surface area (Å²) in [5.74, 6) is -0.624. The zero-order valence-corrected chi connectivity index (χ0v) is 18.6. The number of furan rings is 1. The van der Waals surface area contributed by atoms with Gasteiger partial charge in [-0.1, -0.05) is 37.3 Å². The van der Waals surface area contributed by atoms with Crippen molar-refractivity contribution < 1.29 is 18.8 Å². The minimum atomic E-state index is -0.481. The Morgan fingerprint density at radius 1 is 0.939 bits per heavy atom. The van der Waals surface area contributed by atoms with Crippen LogP contribution in [0.25, 0.3) is 6.08 Å². The second kappa shape index (κ2) is 11.5. The maximum Gasteiger partial charge on any atom is 0.268 e. The molecule has 0 spiro atoms. The van der Waals surface area contributed by atoms with Crippen molar-refractivity contribution in [2.24, 2.45) is 0 Å². The van der Waals surface area contributed by atoms with Crippen LogP contribution in [0.3, 0.4) is 0 Å². The van der Waals surface area contributed by atoms with Crippen molar-refractivity contribution in [3.63, 3.8) is 0 Å². The second-order valence-corrected chi connectivity index (χ2v) is 7.56. The number of carbonyl (C=O) groups is 3. The number of nitrogens with one attached hydrogen (secondary N) is 3. The van der Waals surface area contributed by atoms with E-state index in [1.807, 2.05) is 19.9 Å². The number of amides is 3. The van der Waals surface area contributed by atoms with E-state index in [-0.39, 0.29) is 24.2 Å². The highest BCUT2D eigenvalue weighted by molar-refractivity contribution is 6.05. The molecule has 3 N–H and O–H groups in total. The predicted octanol–water partition coefficient (Wildman–Crippen LogP) is 3.90. The maximum atomic E-state index is 12.9. The lowest BCUT2D eigenvalue weighted by Gasteiger charge is -2.13. The highest BCUT2D eigenvalue weighted by Crippen LogP contribution is 2.10. The second-order valence-electron chi connectivity index (χ2n) is 7.56. The van der Waals surface area contributed by atoms with E-state index in [1.54, 1.807) is 60.7 Å². The van der Waals surface area contributed by atoms with Crippen LogP contribution in [0, 0.1) is 0 Å². The molecule has 0 bridgehead atoms. The Kier molecular flexibility index (Phi) is 8.18. The standard InChI is InChI=1S/C26H27N3O4/c1-3-18(2)28-25(31)21-12-7-9-19(15-21)17-27-26(32)23(16-22-13-8-14-33-22)29-24(30)20-10-5-4-6-11-20/h4-16,18H,3,17H2,1-2H3,(H,27,32)(H,28,31)(H,29,30). The van der Waals surface area contributed by atoms with Crippen LogP contribution in [0.1, 0.15) is 52.3 Å². The lowest BCUT2D eigenvalue weighted by Crippen LogP contribution is -2.34. The van der Waals surface area contributed by atoms with E-state index in [0.29, 0.717) is 16.9 Å². The van der Waals surface area contributed by atoms with Gasteiger partial charge in [-0.05, 0) is 55.3 Å². The van der Waals surface area contributed by atoms with Crippen LogP contribution >= 0.6 is 0 Å².